The van der Waals surface area contributed by atoms with Gasteiger partial charge in [0.25, 0.3) is 0 Å². The second kappa shape index (κ2) is 7.21. The van der Waals surface area contributed by atoms with Crippen LogP contribution in [-0.2, 0) is 11.8 Å². The molecule has 2 aromatic rings. The van der Waals surface area contributed by atoms with Gasteiger partial charge in [0.1, 0.15) is 5.76 Å². The number of unbranched alkanes of at least 4 members (excludes halogenated alkanes) is 1. The minimum Gasteiger partial charge on any atom is -0.360 e. The Kier molecular flexibility index (Phi) is 5.32. The summed E-state index contributed by atoms with van der Waals surface area (Å²) in [4.78, 5) is 12.4. The molecule has 0 bridgehead atoms. The van der Waals surface area contributed by atoms with Gasteiger partial charge in [0.15, 0.2) is 5.82 Å². The van der Waals surface area contributed by atoms with Crippen molar-refractivity contribution in [3.63, 3.8) is 0 Å². The summed E-state index contributed by atoms with van der Waals surface area (Å²) in [7, 11) is 1.75. The first kappa shape index (κ1) is 15.5. The third-order valence-corrected chi connectivity index (χ3v) is 4.11. The third kappa shape index (κ3) is 4.28. The van der Waals surface area contributed by atoms with Gasteiger partial charge >= 0.3 is 0 Å². The van der Waals surface area contributed by atoms with Gasteiger partial charge in [0.05, 0.1) is 5.25 Å². The van der Waals surface area contributed by atoms with E-state index in [-0.39, 0.29) is 11.2 Å². The number of hydrogen-bond donors (Lipinski definition) is 1. The van der Waals surface area contributed by atoms with Gasteiger partial charge in [-0.25, -0.2) is 4.68 Å². The van der Waals surface area contributed by atoms with Gasteiger partial charge < -0.3 is 9.84 Å². The number of carbonyl (C=O) groups excluding carboxylic acids is 1. The van der Waals surface area contributed by atoms with Crippen LogP contribution in [0.1, 0.15) is 31.9 Å². The molecule has 0 aliphatic heterocycles. The van der Waals surface area contributed by atoms with E-state index >= 15 is 0 Å². The van der Waals surface area contributed by atoms with Crippen LogP contribution in [0.3, 0.4) is 0 Å². The Bertz CT molecular complexity index is 596. The van der Waals surface area contributed by atoms with E-state index in [2.05, 4.69) is 32.9 Å². The molecule has 2 aromatic heterocycles. The molecule has 8 nitrogen and oxygen atoms in total. The van der Waals surface area contributed by atoms with Gasteiger partial charge in [-0.3, -0.25) is 4.79 Å². The molecule has 0 aliphatic carbocycles. The molecule has 0 saturated carbocycles. The van der Waals surface area contributed by atoms with Crippen LogP contribution in [0.4, 0.5) is 5.82 Å². The number of anilines is 1. The number of aromatic nitrogens is 5. The van der Waals surface area contributed by atoms with Crippen LogP contribution in [0, 0.1) is 6.92 Å². The number of nitrogens with zero attached hydrogens (tertiary/aromatic N) is 5. The lowest BCUT2D eigenvalue weighted by atomic mass is 10.2. The highest BCUT2D eigenvalue weighted by Gasteiger charge is 2.23. The molecule has 21 heavy (non-hydrogen) atoms. The van der Waals surface area contributed by atoms with Crippen LogP contribution >= 0.6 is 11.8 Å². The van der Waals surface area contributed by atoms with Crippen molar-refractivity contribution >= 4 is 23.5 Å². The highest BCUT2D eigenvalue weighted by atomic mass is 32.2. The summed E-state index contributed by atoms with van der Waals surface area (Å²) in [5, 5.41) is 18.1. The molecule has 2 rings (SSSR count). The molecular weight excluding hydrogens is 292 g/mol. The summed E-state index contributed by atoms with van der Waals surface area (Å²) in [5.74, 6) is 0.959. The van der Waals surface area contributed by atoms with Gasteiger partial charge in [0.2, 0.25) is 11.1 Å². The number of thioether (sulfide) groups is 1. The molecule has 2 heterocycles. The Labute approximate surface area is 126 Å². The Balaban J connectivity index is 2.03. The van der Waals surface area contributed by atoms with Crippen LogP contribution in [-0.4, -0.2) is 36.5 Å². The quantitative estimate of drug-likeness (QED) is 0.778. The standard InChI is InChI=1S/C12H18N6O2S/c1-4-5-6-9(21-12-14-16-17-18(12)3)11(19)13-10-7-8(2)20-15-10/h7,9H,4-6H2,1-3H3,(H,13,15,19)/t9-/m0/s1. The minimum atomic E-state index is -0.272. The Hall–Kier alpha value is -1.90. The molecule has 1 amide bonds. The SMILES string of the molecule is CCCC[C@H](Sc1nnnn1C)C(=O)Nc1cc(C)on1. The van der Waals surface area contributed by atoms with E-state index in [1.807, 2.05) is 0 Å². The van der Waals surface area contributed by atoms with Crippen molar-refractivity contribution in [1.82, 2.24) is 25.4 Å². The Morgan fingerprint density at radius 3 is 2.95 bits per heavy atom. The molecule has 0 aliphatic rings. The van der Waals surface area contributed by atoms with Crippen molar-refractivity contribution < 1.29 is 9.32 Å². The number of carbonyl (C=O) groups is 1. The van der Waals surface area contributed by atoms with Crippen molar-refractivity contribution in [2.75, 3.05) is 5.32 Å². The highest BCUT2D eigenvalue weighted by Crippen LogP contribution is 2.25. The van der Waals surface area contributed by atoms with E-state index in [9.17, 15) is 4.79 Å². The highest BCUT2D eigenvalue weighted by molar-refractivity contribution is 8.00. The van der Waals surface area contributed by atoms with Crippen molar-refractivity contribution in [3.8, 4) is 0 Å². The van der Waals surface area contributed by atoms with Crippen molar-refractivity contribution in [2.45, 2.75) is 43.5 Å². The number of hydrogen-bond acceptors (Lipinski definition) is 7. The van der Waals surface area contributed by atoms with E-state index in [0.717, 1.165) is 19.3 Å². The average Bonchev–Trinajstić information content (AvgIpc) is 3.03. The Morgan fingerprint density at radius 2 is 2.38 bits per heavy atom. The van der Waals surface area contributed by atoms with E-state index in [1.54, 1.807) is 24.7 Å². The summed E-state index contributed by atoms with van der Waals surface area (Å²) < 4.78 is 6.50. The molecule has 0 aromatic carbocycles. The normalized spacial score (nSPS) is 12.3. The number of nitrogens with one attached hydrogen (secondary N) is 1. The zero-order valence-electron chi connectivity index (χ0n) is 12.2. The molecule has 0 unspecified atom stereocenters. The first-order valence-electron chi connectivity index (χ1n) is 6.73. The zero-order valence-corrected chi connectivity index (χ0v) is 13.1. The van der Waals surface area contributed by atoms with E-state index in [4.69, 9.17) is 4.52 Å². The number of amides is 1. The fraction of sp³-hybridized carbons (Fsp3) is 0.583. The molecule has 0 radical (unpaired) electrons. The summed E-state index contributed by atoms with van der Waals surface area (Å²) in [6, 6.07) is 1.68. The van der Waals surface area contributed by atoms with Gasteiger partial charge in [-0.1, -0.05) is 36.7 Å². The molecule has 0 fully saturated rings. The maximum absolute atomic E-state index is 12.4. The third-order valence-electron chi connectivity index (χ3n) is 2.82. The van der Waals surface area contributed by atoms with Crippen LogP contribution in [0.5, 0.6) is 0 Å². The maximum atomic E-state index is 12.4. The zero-order chi connectivity index (χ0) is 15.2. The molecule has 1 N–H and O–H groups in total. The second-order valence-electron chi connectivity index (χ2n) is 4.65. The van der Waals surface area contributed by atoms with Crippen LogP contribution < -0.4 is 5.32 Å². The number of aryl methyl sites for hydroxylation is 2. The second-order valence-corrected chi connectivity index (χ2v) is 5.82. The van der Waals surface area contributed by atoms with Gasteiger partial charge in [-0.05, 0) is 23.8 Å². The van der Waals surface area contributed by atoms with Gasteiger partial charge in [0, 0.05) is 13.1 Å². The minimum absolute atomic E-state index is 0.121. The smallest absolute Gasteiger partial charge is 0.239 e. The lowest BCUT2D eigenvalue weighted by Crippen LogP contribution is -2.25. The van der Waals surface area contributed by atoms with Crippen LogP contribution in [0.15, 0.2) is 15.7 Å². The predicted molar refractivity (Wildman–Crippen MR) is 77.8 cm³/mol. The van der Waals surface area contributed by atoms with Crippen LogP contribution in [0.2, 0.25) is 0 Å². The lowest BCUT2D eigenvalue weighted by molar-refractivity contribution is -0.115. The molecule has 114 valence electrons. The van der Waals surface area contributed by atoms with Crippen molar-refractivity contribution in [2.24, 2.45) is 7.05 Å². The molecule has 1 atom stereocenters. The van der Waals surface area contributed by atoms with E-state index in [1.165, 1.54) is 11.8 Å². The fourth-order valence-electron chi connectivity index (χ4n) is 1.71. The van der Waals surface area contributed by atoms with Gasteiger partial charge in [-0.15, -0.1) is 5.10 Å². The Morgan fingerprint density at radius 1 is 1.57 bits per heavy atom. The van der Waals surface area contributed by atoms with Crippen molar-refractivity contribution in [1.29, 1.82) is 0 Å². The topological polar surface area (TPSA) is 98.7 Å². The largest absolute Gasteiger partial charge is 0.360 e. The maximum Gasteiger partial charge on any atom is 0.239 e. The van der Waals surface area contributed by atoms with Crippen molar-refractivity contribution in [3.05, 3.63) is 11.8 Å². The average molecular weight is 310 g/mol. The summed E-state index contributed by atoms with van der Waals surface area (Å²) in [5.41, 5.74) is 0. The first-order valence-corrected chi connectivity index (χ1v) is 7.61. The summed E-state index contributed by atoms with van der Waals surface area (Å²) in [6.07, 6.45) is 2.72. The van der Waals surface area contributed by atoms with E-state index in [0.29, 0.717) is 16.7 Å². The van der Waals surface area contributed by atoms with E-state index < -0.39 is 0 Å². The lowest BCUT2D eigenvalue weighted by Gasteiger charge is -2.13. The van der Waals surface area contributed by atoms with Gasteiger partial charge in [-0.2, -0.15) is 0 Å². The molecular formula is C12H18N6O2S. The van der Waals surface area contributed by atoms with Crippen LogP contribution in [0.25, 0.3) is 0 Å². The fourth-order valence-corrected chi connectivity index (χ4v) is 2.69. The summed E-state index contributed by atoms with van der Waals surface area (Å²) in [6.45, 7) is 3.86. The first-order chi connectivity index (χ1) is 10.1. The summed E-state index contributed by atoms with van der Waals surface area (Å²) >= 11 is 1.35. The molecule has 9 heteroatoms. The monoisotopic (exact) mass is 310 g/mol. The number of tetrazole rings is 1. The predicted octanol–water partition coefficient (Wildman–Crippen LogP) is 1.80. The number of rotatable bonds is 7. The molecule has 0 saturated heterocycles. The molecule has 0 spiro atoms.